The first kappa shape index (κ1) is 15.9. The number of aromatic nitrogens is 2. The maximum absolute atomic E-state index is 12.3. The van der Waals surface area contributed by atoms with E-state index in [2.05, 4.69) is 20.0 Å². The fourth-order valence-corrected chi connectivity index (χ4v) is 2.33. The second-order valence-electron chi connectivity index (χ2n) is 4.88. The van der Waals surface area contributed by atoms with Crippen molar-refractivity contribution in [2.75, 3.05) is 12.4 Å². The first-order valence-corrected chi connectivity index (χ1v) is 7.37. The van der Waals surface area contributed by atoms with Gasteiger partial charge in [-0.1, -0.05) is 23.7 Å². The molecule has 1 N–H and O–H groups in total. The molecule has 1 aromatic heterocycles. The summed E-state index contributed by atoms with van der Waals surface area (Å²) in [4.78, 5) is 32.4. The zero-order valence-electron chi connectivity index (χ0n) is 12.6. The second-order valence-corrected chi connectivity index (χ2v) is 5.29. The molecule has 0 aliphatic rings. The SMILES string of the molecule is COC(=O)c1cc(NC(=O)c2cnc3ccccc3n2)ccc1Cl. The number of ether oxygens (including phenoxy) is 1. The average molecular weight is 342 g/mol. The fourth-order valence-electron chi connectivity index (χ4n) is 2.13. The lowest BCUT2D eigenvalue weighted by Crippen LogP contribution is -2.15. The minimum atomic E-state index is -0.582. The highest BCUT2D eigenvalue weighted by Gasteiger charge is 2.14. The van der Waals surface area contributed by atoms with E-state index in [9.17, 15) is 9.59 Å². The van der Waals surface area contributed by atoms with Crippen LogP contribution in [-0.4, -0.2) is 29.0 Å². The molecule has 0 saturated heterocycles. The average Bonchev–Trinajstić information content (AvgIpc) is 2.62. The molecular formula is C17H12ClN3O3. The Morgan fingerprint density at radius 3 is 2.62 bits per heavy atom. The Bertz CT molecular complexity index is 943. The van der Waals surface area contributed by atoms with Crippen LogP contribution in [0.4, 0.5) is 5.69 Å². The quantitative estimate of drug-likeness (QED) is 0.739. The van der Waals surface area contributed by atoms with Crippen LogP contribution in [-0.2, 0) is 4.74 Å². The fraction of sp³-hybridized carbons (Fsp3) is 0.0588. The highest BCUT2D eigenvalue weighted by atomic mass is 35.5. The number of carbonyl (C=O) groups is 2. The van der Waals surface area contributed by atoms with E-state index in [1.807, 2.05) is 18.2 Å². The molecule has 120 valence electrons. The summed E-state index contributed by atoms with van der Waals surface area (Å²) < 4.78 is 4.65. The maximum atomic E-state index is 12.3. The summed E-state index contributed by atoms with van der Waals surface area (Å²) in [7, 11) is 1.26. The van der Waals surface area contributed by atoms with Gasteiger partial charge in [-0.15, -0.1) is 0 Å². The van der Waals surface area contributed by atoms with E-state index < -0.39 is 11.9 Å². The molecule has 6 nitrogen and oxygen atoms in total. The highest BCUT2D eigenvalue weighted by Crippen LogP contribution is 2.22. The van der Waals surface area contributed by atoms with Gasteiger partial charge in [0.2, 0.25) is 0 Å². The van der Waals surface area contributed by atoms with E-state index >= 15 is 0 Å². The van der Waals surface area contributed by atoms with Gasteiger partial charge in [-0.3, -0.25) is 9.78 Å². The molecule has 2 aromatic carbocycles. The van der Waals surface area contributed by atoms with E-state index in [-0.39, 0.29) is 16.3 Å². The molecule has 0 bridgehead atoms. The van der Waals surface area contributed by atoms with Gasteiger partial charge in [0.15, 0.2) is 0 Å². The molecule has 0 spiro atoms. The Labute approximate surface area is 142 Å². The number of nitrogens with zero attached hydrogens (tertiary/aromatic N) is 2. The van der Waals surface area contributed by atoms with Crippen LogP contribution in [0.3, 0.4) is 0 Å². The summed E-state index contributed by atoms with van der Waals surface area (Å²) >= 11 is 5.95. The molecule has 0 saturated carbocycles. The van der Waals surface area contributed by atoms with Gasteiger partial charge in [-0.05, 0) is 30.3 Å². The number of methoxy groups -OCH3 is 1. The molecule has 0 aliphatic heterocycles. The molecule has 1 heterocycles. The van der Waals surface area contributed by atoms with E-state index in [4.69, 9.17) is 11.6 Å². The monoisotopic (exact) mass is 341 g/mol. The first-order valence-electron chi connectivity index (χ1n) is 6.99. The lowest BCUT2D eigenvalue weighted by atomic mass is 10.2. The second kappa shape index (κ2) is 6.64. The molecule has 0 unspecified atom stereocenters. The van der Waals surface area contributed by atoms with Crippen LogP contribution in [0.1, 0.15) is 20.8 Å². The Morgan fingerprint density at radius 2 is 1.88 bits per heavy atom. The Balaban J connectivity index is 1.87. The molecule has 0 fully saturated rings. The van der Waals surface area contributed by atoms with Crippen molar-refractivity contribution in [1.82, 2.24) is 9.97 Å². The van der Waals surface area contributed by atoms with Gasteiger partial charge in [0.1, 0.15) is 5.69 Å². The first-order chi connectivity index (χ1) is 11.6. The number of halogens is 1. The normalized spacial score (nSPS) is 10.4. The zero-order chi connectivity index (χ0) is 17.1. The molecule has 3 aromatic rings. The Kier molecular flexibility index (Phi) is 4.39. The van der Waals surface area contributed by atoms with Gasteiger partial charge in [0.25, 0.3) is 5.91 Å². The molecule has 0 radical (unpaired) electrons. The van der Waals surface area contributed by atoms with E-state index in [1.54, 1.807) is 12.1 Å². The third kappa shape index (κ3) is 3.18. The number of para-hydroxylation sites is 2. The van der Waals surface area contributed by atoms with Gasteiger partial charge in [-0.25, -0.2) is 9.78 Å². The Hall–Kier alpha value is -2.99. The number of hydrogen-bond acceptors (Lipinski definition) is 5. The number of hydrogen-bond donors (Lipinski definition) is 1. The van der Waals surface area contributed by atoms with Gasteiger partial charge in [0, 0.05) is 5.69 Å². The molecule has 0 atom stereocenters. The lowest BCUT2D eigenvalue weighted by Gasteiger charge is -2.08. The van der Waals surface area contributed by atoms with Crippen molar-refractivity contribution < 1.29 is 14.3 Å². The van der Waals surface area contributed by atoms with Crippen LogP contribution >= 0.6 is 11.6 Å². The van der Waals surface area contributed by atoms with Crippen LogP contribution in [0.2, 0.25) is 5.02 Å². The number of anilines is 1. The lowest BCUT2D eigenvalue weighted by molar-refractivity contribution is 0.0600. The van der Waals surface area contributed by atoms with Crippen LogP contribution in [0.5, 0.6) is 0 Å². The molecular weight excluding hydrogens is 330 g/mol. The van der Waals surface area contributed by atoms with Gasteiger partial charge in [-0.2, -0.15) is 0 Å². The van der Waals surface area contributed by atoms with Crippen molar-refractivity contribution in [3.8, 4) is 0 Å². The molecule has 7 heteroatoms. The summed E-state index contributed by atoms with van der Waals surface area (Å²) in [5.74, 6) is -1.02. The topological polar surface area (TPSA) is 81.2 Å². The van der Waals surface area contributed by atoms with Crippen molar-refractivity contribution in [2.24, 2.45) is 0 Å². The number of carbonyl (C=O) groups excluding carboxylic acids is 2. The van der Waals surface area contributed by atoms with E-state index in [0.717, 1.165) is 0 Å². The molecule has 24 heavy (non-hydrogen) atoms. The zero-order valence-corrected chi connectivity index (χ0v) is 13.4. The molecule has 1 amide bonds. The van der Waals surface area contributed by atoms with Gasteiger partial charge < -0.3 is 10.1 Å². The number of nitrogens with one attached hydrogen (secondary N) is 1. The van der Waals surface area contributed by atoms with Crippen LogP contribution in [0.25, 0.3) is 11.0 Å². The van der Waals surface area contributed by atoms with E-state index in [1.165, 1.54) is 25.4 Å². The Morgan fingerprint density at radius 1 is 1.12 bits per heavy atom. The molecule has 3 rings (SSSR count). The summed E-state index contributed by atoms with van der Waals surface area (Å²) in [6.45, 7) is 0. The summed E-state index contributed by atoms with van der Waals surface area (Å²) in [6.07, 6.45) is 1.40. The molecule has 0 aliphatic carbocycles. The summed E-state index contributed by atoms with van der Waals surface area (Å²) in [6, 6.07) is 11.8. The number of fused-ring (bicyclic) bond motifs is 1. The predicted molar refractivity (Wildman–Crippen MR) is 90.3 cm³/mol. The predicted octanol–water partition coefficient (Wildman–Crippen LogP) is 3.32. The third-order valence-electron chi connectivity index (χ3n) is 3.31. The van der Waals surface area contributed by atoms with Crippen molar-refractivity contribution in [3.05, 3.63) is 64.9 Å². The van der Waals surface area contributed by atoms with Crippen molar-refractivity contribution in [3.63, 3.8) is 0 Å². The smallest absolute Gasteiger partial charge is 0.339 e. The summed E-state index contributed by atoms with van der Waals surface area (Å²) in [5.41, 5.74) is 2.06. The number of amides is 1. The summed E-state index contributed by atoms with van der Waals surface area (Å²) in [5, 5.41) is 2.90. The third-order valence-corrected chi connectivity index (χ3v) is 3.64. The number of esters is 1. The standard InChI is InChI=1S/C17H12ClN3O3/c1-24-17(23)11-8-10(6-7-12(11)18)20-16(22)15-9-19-13-4-2-3-5-14(13)21-15/h2-9H,1H3,(H,20,22). The number of rotatable bonds is 3. The highest BCUT2D eigenvalue weighted by molar-refractivity contribution is 6.33. The van der Waals surface area contributed by atoms with Crippen LogP contribution in [0.15, 0.2) is 48.7 Å². The van der Waals surface area contributed by atoms with Crippen molar-refractivity contribution in [1.29, 1.82) is 0 Å². The largest absolute Gasteiger partial charge is 0.465 e. The van der Waals surface area contributed by atoms with E-state index in [0.29, 0.717) is 16.7 Å². The minimum absolute atomic E-state index is 0.168. The van der Waals surface area contributed by atoms with Crippen molar-refractivity contribution in [2.45, 2.75) is 0 Å². The van der Waals surface area contributed by atoms with Gasteiger partial charge >= 0.3 is 5.97 Å². The van der Waals surface area contributed by atoms with Crippen molar-refractivity contribution >= 4 is 40.2 Å². The number of benzene rings is 2. The minimum Gasteiger partial charge on any atom is -0.465 e. The van der Waals surface area contributed by atoms with Crippen LogP contribution < -0.4 is 5.32 Å². The van der Waals surface area contributed by atoms with Crippen LogP contribution in [0, 0.1) is 0 Å². The maximum Gasteiger partial charge on any atom is 0.339 e. The van der Waals surface area contributed by atoms with Gasteiger partial charge in [0.05, 0.1) is 34.9 Å².